The number of cyclic esters (lactones) is 1. The number of benzene rings is 1. The van der Waals surface area contributed by atoms with Gasteiger partial charge >= 0.3 is 12.1 Å². The fourth-order valence-electron chi connectivity index (χ4n) is 6.15. The van der Waals surface area contributed by atoms with Crippen LogP contribution in [0.25, 0.3) is 11.8 Å². The number of alkyl halides is 3. The molecule has 2 aliphatic rings. The van der Waals surface area contributed by atoms with Crippen LogP contribution in [0.4, 0.5) is 18.9 Å². The molecular weight excluding hydrogens is 591 g/mol. The zero-order valence-electron chi connectivity index (χ0n) is 26.6. The predicted octanol–water partition coefficient (Wildman–Crippen LogP) is 5.50. The zero-order valence-corrected chi connectivity index (χ0v) is 26.6. The summed E-state index contributed by atoms with van der Waals surface area (Å²) in [4.78, 5) is 26.5. The molecule has 0 spiro atoms. The van der Waals surface area contributed by atoms with Crippen molar-refractivity contribution in [1.82, 2.24) is 9.78 Å². The highest BCUT2D eigenvalue weighted by Gasteiger charge is 2.53. The number of hydrogen-bond donors (Lipinski definition) is 3. The van der Waals surface area contributed by atoms with Crippen LogP contribution >= 0.6 is 0 Å². The van der Waals surface area contributed by atoms with Gasteiger partial charge in [0.25, 0.3) is 0 Å². The van der Waals surface area contributed by atoms with Crippen molar-refractivity contribution in [3.05, 3.63) is 47.3 Å². The van der Waals surface area contributed by atoms with Crippen molar-refractivity contribution in [1.29, 1.82) is 0 Å². The number of aromatic nitrogens is 2. The van der Waals surface area contributed by atoms with Crippen LogP contribution in [0.2, 0.25) is 0 Å². The molecule has 0 bridgehead atoms. The van der Waals surface area contributed by atoms with E-state index in [9.17, 15) is 33.0 Å². The Labute approximate surface area is 261 Å². The summed E-state index contributed by atoms with van der Waals surface area (Å²) in [6, 6.07) is 5.02. The number of nitrogen functional groups attached to an aromatic ring is 1. The molecule has 1 aromatic heterocycles. The number of halogens is 3. The molecule has 2 aliphatic heterocycles. The number of anilines is 1. The van der Waals surface area contributed by atoms with E-state index >= 15 is 0 Å². The van der Waals surface area contributed by atoms with Gasteiger partial charge in [0.1, 0.15) is 11.9 Å². The molecule has 0 amide bonds. The molecule has 248 valence electrons. The van der Waals surface area contributed by atoms with E-state index in [0.717, 1.165) is 17.2 Å². The largest absolute Gasteiger partial charge is 0.458 e. The maximum atomic E-state index is 13.7. The van der Waals surface area contributed by atoms with Gasteiger partial charge < -0.3 is 25.4 Å². The number of hydrogen-bond acceptors (Lipinski definition) is 8. The van der Waals surface area contributed by atoms with Gasteiger partial charge in [0.15, 0.2) is 0 Å². The van der Waals surface area contributed by atoms with Crippen molar-refractivity contribution in [3.8, 4) is 5.69 Å². The Bertz CT molecular complexity index is 1440. The quantitative estimate of drug-likeness (QED) is 0.228. The summed E-state index contributed by atoms with van der Waals surface area (Å²) in [7, 11) is 0. The Morgan fingerprint density at radius 3 is 2.51 bits per heavy atom. The van der Waals surface area contributed by atoms with Crippen LogP contribution in [0.15, 0.2) is 36.0 Å². The lowest BCUT2D eigenvalue weighted by molar-refractivity contribution is -0.154. The molecule has 2 aromatic rings. The lowest BCUT2D eigenvalue weighted by Crippen LogP contribution is -2.45. The second-order valence-electron chi connectivity index (χ2n) is 13.4. The molecule has 4 N–H and O–H groups in total. The molecule has 3 heterocycles. The summed E-state index contributed by atoms with van der Waals surface area (Å²) < 4.78 is 54.1. The van der Waals surface area contributed by atoms with E-state index in [2.05, 4.69) is 5.10 Å². The van der Waals surface area contributed by atoms with Crippen LogP contribution in [-0.2, 0) is 25.2 Å². The molecule has 0 radical (unpaired) electrons. The van der Waals surface area contributed by atoms with Gasteiger partial charge in [-0.25, -0.2) is 4.68 Å². The molecule has 0 unspecified atom stereocenters. The molecule has 12 heteroatoms. The third kappa shape index (κ3) is 7.78. The SMILES string of the molecule is C/C(=C\c1ccn(-c2ccc(N)cc2C(F)(F)F)n1)[C@@H]1C[C@@H]2O[C@]2(C)CCC[C@H](C)[C@H](O)[C@@H](C)C(=O)C(C)(C)[C@@H](O)CC(=O)O1. The highest BCUT2D eigenvalue weighted by molar-refractivity contribution is 5.88. The fourth-order valence-corrected chi connectivity index (χ4v) is 6.15. The van der Waals surface area contributed by atoms with Crippen LogP contribution in [0, 0.1) is 17.3 Å². The standard InChI is InChI=1S/C33H44F3N3O6/c1-18-8-7-12-32(6)27(45-32)16-25(44-28(41)17-26(40)31(4,5)30(43)20(3)29(18)42)19(2)14-22-11-13-39(38-22)24-10-9-21(37)15-23(24)33(34,35)36/h9-11,13-15,18,20,25-27,29,40,42H,7-8,12,16-17,37H2,1-6H3/b19-14+/t18-,20+,25-,26-,27-,29-,32+/m0/s1. The van der Waals surface area contributed by atoms with Crippen molar-refractivity contribution in [2.45, 2.75) is 110 Å². The summed E-state index contributed by atoms with van der Waals surface area (Å²) in [5.41, 5.74) is 3.61. The van der Waals surface area contributed by atoms with E-state index in [1.54, 1.807) is 39.8 Å². The Kier molecular flexibility index (Phi) is 9.92. The molecule has 9 nitrogen and oxygen atoms in total. The number of epoxide rings is 1. The summed E-state index contributed by atoms with van der Waals surface area (Å²) in [5.74, 6) is -1.97. The first-order valence-electron chi connectivity index (χ1n) is 15.3. The Hall–Kier alpha value is -3.22. The molecule has 0 aliphatic carbocycles. The fraction of sp³-hybridized carbons (Fsp3) is 0.606. The maximum Gasteiger partial charge on any atom is 0.418 e. The molecule has 7 atom stereocenters. The van der Waals surface area contributed by atoms with E-state index in [0.29, 0.717) is 30.5 Å². The second kappa shape index (κ2) is 12.9. The number of aliphatic hydroxyl groups excluding tert-OH is 2. The summed E-state index contributed by atoms with van der Waals surface area (Å²) in [6.45, 7) is 10.4. The highest BCUT2D eigenvalue weighted by atomic mass is 19.4. The maximum absolute atomic E-state index is 13.7. The predicted molar refractivity (Wildman–Crippen MR) is 162 cm³/mol. The Morgan fingerprint density at radius 2 is 1.84 bits per heavy atom. The van der Waals surface area contributed by atoms with Crippen LogP contribution in [0.3, 0.4) is 0 Å². The third-order valence-corrected chi connectivity index (χ3v) is 9.47. The average molecular weight is 636 g/mol. The summed E-state index contributed by atoms with van der Waals surface area (Å²) >= 11 is 0. The van der Waals surface area contributed by atoms with Gasteiger partial charge in [-0.3, -0.25) is 9.59 Å². The number of ketones is 1. The van der Waals surface area contributed by atoms with E-state index < -0.39 is 59.4 Å². The van der Waals surface area contributed by atoms with Crippen molar-refractivity contribution >= 4 is 23.5 Å². The first kappa shape index (κ1) is 34.6. The van der Waals surface area contributed by atoms with E-state index in [-0.39, 0.29) is 29.2 Å². The van der Waals surface area contributed by atoms with Gasteiger partial charge in [-0.15, -0.1) is 0 Å². The smallest absolute Gasteiger partial charge is 0.418 e. The minimum absolute atomic E-state index is 0.0233. The number of Topliss-reactive ketones (excluding diaryl/α,β-unsaturated/α-hetero) is 1. The average Bonchev–Trinajstić information content (AvgIpc) is 3.35. The van der Waals surface area contributed by atoms with Gasteiger partial charge in [-0.1, -0.05) is 34.1 Å². The van der Waals surface area contributed by atoms with Crippen LogP contribution < -0.4 is 5.73 Å². The number of nitrogens with zero attached hydrogens (tertiary/aromatic N) is 2. The summed E-state index contributed by atoms with van der Waals surface area (Å²) in [6.07, 6.45) is -2.87. The zero-order chi connectivity index (χ0) is 33.5. The van der Waals surface area contributed by atoms with Crippen LogP contribution in [-0.4, -0.2) is 61.8 Å². The minimum atomic E-state index is -4.64. The molecule has 0 saturated carbocycles. The number of ether oxygens (including phenoxy) is 2. The lowest BCUT2D eigenvalue weighted by Gasteiger charge is -2.34. The molecule has 2 fully saturated rings. The van der Waals surface area contributed by atoms with Gasteiger partial charge in [-0.05, 0) is 68.5 Å². The number of aliphatic hydroxyl groups is 2. The number of fused-ring (bicyclic) bond motifs is 1. The number of carbonyl (C=O) groups is 2. The third-order valence-electron chi connectivity index (χ3n) is 9.47. The lowest BCUT2D eigenvalue weighted by atomic mass is 9.73. The van der Waals surface area contributed by atoms with Gasteiger partial charge in [0.2, 0.25) is 0 Å². The Balaban J connectivity index is 1.61. The number of esters is 1. The molecule has 45 heavy (non-hydrogen) atoms. The highest BCUT2D eigenvalue weighted by Crippen LogP contribution is 2.45. The summed E-state index contributed by atoms with van der Waals surface area (Å²) in [5, 5.41) is 26.2. The van der Waals surface area contributed by atoms with Crippen molar-refractivity contribution < 1.29 is 42.4 Å². The normalized spacial score (nSPS) is 32.1. The van der Waals surface area contributed by atoms with E-state index in [1.165, 1.54) is 18.3 Å². The van der Waals surface area contributed by atoms with Crippen LogP contribution in [0.1, 0.15) is 84.9 Å². The van der Waals surface area contributed by atoms with Gasteiger partial charge in [-0.2, -0.15) is 18.3 Å². The van der Waals surface area contributed by atoms with E-state index in [1.807, 2.05) is 13.8 Å². The number of carbonyl (C=O) groups excluding carboxylic acids is 2. The van der Waals surface area contributed by atoms with Gasteiger partial charge in [0, 0.05) is 24.2 Å². The Morgan fingerprint density at radius 1 is 1.16 bits per heavy atom. The van der Waals surface area contributed by atoms with Crippen molar-refractivity contribution in [2.24, 2.45) is 17.3 Å². The first-order chi connectivity index (χ1) is 20.8. The topological polar surface area (TPSA) is 140 Å². The molecule has 2 saturated heterocycles. The molecular formula is C33H44F3N3O6. The second-order valence-corrected chi connectivity index (χ2v) is 13.4. The van der Waals surface area contributed by atoms with Crippen LogP contribution in [0.5, 0.6) is 0 Å². The molecule has 1 aromatic carbocycles. The van der Waals surface area contributed by atoms with Crippen molar-refractivity contribution in [2.75, 3.05) is 5.73 Å². The number of rotatable bonds is 3. The number of nitrogens with two attached hydrogens (primary N) is 1. The monoisotopic (exact) mass is 635 g/mol. The van der Waals surface area contributed by atoms with Gasteiger partial charge in [0.05, 0.1) is 52.7 Å². The van der Waals surface area contributed by atoms with E-state index in [4.69, 9.17) is 15.2 Å². The minimum Gasteiger partial charge on any atom is -0.458 e. The molecule has 4 rings (SSSR count). The first-order valence-corrected chi connectivity index (χ1v) is 15.3. The van der Waals surface area contributed by atoms with Crippen molar-refractivity contribution in [3.63, 3.8) is 0 Å².